The molecular weight excluding hydrogens is 413 g/mol. The summed E-state index contributed by atoms with van der Waals surface area (Å²) < 4.78 is 14.0. The average Bonchev–Trinajstić information content (AvgIpc) is 3.10. The van der Waals surface area contributed by atoms with Crippen LogP contribution in [0.2, 0.25) is 0 Å². The maximum atomic E-state index is 14.0. The zero-order valence-electron chi connectivity index (χ0n) is 17.6. The van der Waals surface area contributed by atoms with E-state index in [0.717, 1.165) is 30.8 Å². The average molecular weight is 437 g/mol. The van der Waals surface area contributed by atoms with Crippen LogP contribution in [0.15, 0.2) is 36.5 Å². The van der Waals surface area contributed by atoms with E-state index in [1.807, 2.05) is 23.1 Å². The lowest BCUT2D eigenvalue weighted by Gasteiger charge is -2.35. The van der Waals surface area contributed by atoms with E-state index in [4.69, 9.17) is 0 Å². The Labute approximate surface area is 185 Å². The number of hydrogen-bond donors (Lipinski definition) is 1. The number of piperazine rings is 1. The molecule has 1 unspecified atom stereocenters. The van der Waals surface area contributed by atoms with Crippen LogP contribution < -0.4 is 10.2 Å². The third-order valence-corrected chi connectivity index (χ3v) is 6.41. The van der Waals surface area contributed by atoms with Crippen LogP contribution in [-0.2, 0) is 22.7 Å². The van der Waals surface area contributed by atoms with E-state index in [0.29, 0.717) is 37.4 Å². The number of piperidine rings is 1. The number of anilines is 1. The van der Waals surface area contributed by atoms with Crippen molar-refractivity contribution in [1.29, 1.82) is 0 Å². The maximum Gasteiger partial charge on any atom is 0.255 e. The fourth-order valence-corrected chi connectivity index (χ4v) is 4.71. The van der Waals surface area contributed by atoms with Gasteiger partial charge in [0, 0.05) is 57.4 Å². The summed E-state index contributed by atoms with van der Waals surface area (Å²) in [4.78, 5) is 46.4. The van der Waals surface area contributed by atoms with Crippen LogP contribution in [0.4, 0.5) is 10.2 Å². The fraction of sp³-hybridized carbons (Fsp3) is 0.391. The number of carbonyl (C=O) groups is 3. The van der Waals surface area contributed by atoms with Gasteiger partial charge in [0.15, 0.2) is 11.6 Å². The van der Waals surface area contributed by atoms with Crippen LogP contribution in [0.1, 0.15) is 34.3 Å². The molecule has 5 rings (SSSR count). The molecule has 2 fully saturated rings. The first-order chi connectivity index (χ1) is 15.5. The van der Waals surface area contributed by atoms with E-state index in [9.17, 15) is 18.8 Å². The predicted octanol–water partition coefficient (Wildman–Crippen LogP) is 1.30. The number of imide groups is 1. The molecular formula is C23H24FN5O3. The van der Waals surface area contributed by atoms with Gasteiger partial charge in [0.05, 0.1) is 0 Å². The van der Waals surface area contributed by atoms with Crippen LogP contribution in [-0.4, -0.2) is 64.7 Å². The number of benzene rings is 1. The van der Waals surface area contributed by atoms with Crippen molar-refractivity contribution in [3.05, 3.63) is 59.0 Å². The van der Waals surface area contributed by atoms with Crippen molar-refractivity contribution in [2.45, 2.75) is 32.0 Å². The first-order valence-corrected chi connectivity index (χ1v) is 10.8. The second-order valence-electron chi connectivity index (χ2n) is 8.46. The highest BCUT2D eigenvalue weighted by Crippen LogP contribution is 2.28. The van der Waals surface area contributed by atoms with Gasteiger partial charge in [0.25, 0.3) is 5.91 Å². The highest BCUT2D eigenvalue weighted by Gasteiger charge is 2.39. The molecule has 1 N–H and O–H groups in total. The van der Waals surface area contributed by atoms with E-state index in [1.165, 1.54) is 6.07 Å². The van der Waals surface area contributed by atoms with E-state index in [2.05, 4.69) is 15.2 Å². The summed E-state index contributed by atoms with van der Waals surface area (Å²) >= 11 is 0. The molecule has 0 bridgehead atoms. The quantitative estimate of drug-likeness (QED) is 0.726. The van der Waals surface area contributed by atoms with E-state index in [-0.39, 0.29) is 24.1 Å². The number of carbonyl (C=O) groups excluding carboxylic acids is 3. The summed E-state index contributed by atoms with van der Waals surface area (Å²) in [5, 5.41) is 2.33. The van der Waals surface area contributed by atoms with Crippen LogP contribution >= 0.6 is 0 Å². The van der Waals surface area contributed by atoms with Crippen LogP contribution in [0, 0.1) is 5.82 Å². The molecule has 1 atom stereocenters. The van der Waals surface area contributed by atoms with E-state index < -0.39 is 11.9 Å². The number of nitrogens with zero attached hydrogens (tertiary/aromatic N) is 4. The standard InChI is InChI=1S/C23H24FN5O3/c24-18-2-1-7-25-21(18)28-10-8-27(9-11-28)13-15-3-4-17-16(12-15)14-29(23(17)32)19-5-6-20(30)26-22(19)31/h1-4,7,12,19H,5-6,8-11,13-14H2,(H,26,30,31). The van der Waals surface area contributed by atoms with Crippen LogP contribution in [0.3, 0.4) is 0 Å². The van der Waals surface area contributed by atoms with Gasteiger partial charge in [-0.05, 0) is 35.7 Å². The van der Waals surface area contributed by atoms with Crippen molar-refractivity contribution >= 4 is 23.5 Å². The molecule has 2 saturated heterocycles. The predicted molar refractivity (Wildman–Crippen MR) is 114 cm³/mol. The normalized spacial score (nSPS) is 21.7. The summed E-state index contributed by atoms with van der Waals surface area (Å²) in [7, 11) is 0. The van der Waals surface area contributed by atoms with Gasteiger partial charge < -0.3 is 9.80 Å². The monoisotopic (exact) mass is 437 g/mol. The van der Waals surface area contributed by atoms with E-state index >= 15 is 0 Å². The number of amides is 3. The molecule has 3 aliphatic rings. The molecule has 9 heteroatoms. The van der Waals surface area contributed by atoms with Crippen molar-refractivity contribution < 1.29 is 18.8 Å². The van der Waals surface area contributed by atoms with Gasteiger partial charge in [0.2, 0.25) is 11.8 Å². The summed E-state index contributed by atoms with van der Waals surface area (Å²) in [6.07, 6.45) is 2.21. The summed E-state index contributed by atoms with van der Waals surface area (Å²) in [5.41, 5.74) is 2.62. The van der Waals surface area contributed by atoms with E-state index in [1.54, 1.807) is 17.2 Å². The van der Waals surface area contributed by atoms with Gasteiger partial charge in [0.1, 0.15) is 6.04 Å². The summed E-state index contributed by atoms with van der Waals surface area (Å²) in [6, 6.07) is 8.24. The Hall–Kier alpha value is -3.33. The minimum Gasteiger partial charge on any atom is -0.352 e. The third-order valence-electron chi connectivity index (χ3n) is 6.41. The Kier molecular flexibility index (Phi) is 5.34. The number of rotatable bonds is 4. The molecule has 3 aliphatic heterocycles. The van der Waals surface area contributed by atoms with Crippen molar-refractivity contribution in [1.82, 2.24) is 20.1 Å². The molecule has 4 heterocycles. The number of nitrogens with one attached hydrogen (secondary N) is 1. The lowest BCUT2D eigenvalue weighted by molar-refractivity contribution is -0.136. The largest absolute Gasteiger partial charge is 0.352 e. The zero-order chi connectivity index (χ0) is 22.2. The highest BCUT2D eigenvalue weighted by atomic mass is 19.1. The van der Waals surface area contributed by atoms with Crippen molar-refractivity contribution in [3.63, 3.8) is 0 Å². The molecule has 32 heavy (non-hydrogen) atoms. The lowest BCUT2D eigenvalue weighted by Crippen LogP contribution is -2.52. The van der Waals surface area contributed by atoms with Gasteiger partial charge in [-0.25, -0.2) is 9.37 Å². The number of halogens is 1. The van der Waals surface area contributed by atoms with Gasteiger partial charge in [-0.2, -0.15) is 0 Å². The Bertz CT molecular complexity index is 1080. The Morgan fingerprint density at radius 2 is 1.91 bits per heavy atom. The molecule has 1 aromatic carbocycles. The molecule has 2 aromatic rings. The number of hydrogen-bond acceptors (Lipinski definition) is 6. The van der Waals surface area contributed by atoms with Gasteiger partial charge in [-0.15, -0.1) is 0 Å². The van der Waals surface area contributed by atoms with Gasteiger partial charge in [-0.1, -0.05) is 12.1 Å². The van der Waals surface area contributed by atoms with Crippen LogP contribution in [0.5, 0.6) is 0 Å². The SMILES string of the molecule is O=C1CCC(N2Cc3cc(CN4CCN(c5ncccc5F)CC4)ccc3C2=O)C(=O)N1. The Morgan fingerprint density at radius 1 is 1.09 bits per heavy atom. The first-order valence-electron chi connectivity index (χ1n) is 10.8. The third kappa shape index (κ3) is 3.84. The molecule has 0 radical (unpaired) electrons. The zero-order valence-corrected chi connectivity index (χ0v) is 17.6. The van der Waals surface area contributed by atoms with Crippen molar-refractivity contribution in [3.8, 4) is 0 Å². The van der Waals surface area contributed by atoms with Gasteiger partial charge in [-0.3, -0.25) is 24.6 Å². The fourth-order valence-electron chi connectivity index (χ4n) is 4.71. The minimum absolute atomic E-state index is 0.160. The second-order valence-corrected chi connectivity index (χ2v) is 8.46. The lowest BCUT2D eigenvalue weighted by atomic mass is 10.0. The topological polar surface area (TPSA) is 85.9 Å². The van der Waals surface area contributed by atoms with Gasteiger partial charge >= 0.3 is 0 Å². The minimum atomic E-state index is -0.601. The molecule has 1 aromatic heterocycles. The molecule has 0 aliphatic carbocycles. The number of aromatic nitrogens is 1. The molecule has 0 spiro atoms. The molecule has 8 nitrogen and oxygen atoms in total. The van der Waals surface area contributed by atoms with Crippen LogP contribution in [0.25, 0.3) is 0 Å². The number of pyridine rings is 1. The Morgan fingerprint density at radius 3 is 2.66 bits per heavy atom. The molecule has 0 saturated carbocycles. The summed E-state index contributed by atoms with van der Waals surface area (Å²) in [5.74, 6) is -0.748. The molecule has 166 valence electrons. The summed E-state index contributed by atoms with van der Waals surface area (Å²) in [6.45, 7) is 4.07. The van der Waals surface area contributed by atoms with Crippen molar-refractivity contribution in [2.75, 3.05) is 31.1 Å². The molecule has 3 amide bonds. The maximum absolute atomic E-state index is 14.0. The van der Waals surface area contributed by atoms with Crippen molar-refractivity contribution in [2.24, 2.45) is 0 Å². The Balaban J connectivity index is 1.22. The second kappa shape index (κ2) is 8.31. The highest BCUT2D eigenvalue weighted by molar-refractivity contribution is 6.05. The smallest absolute Gasteiger partial charge is 0.255 e. The number of fused-ring (bicyclic) bond motifs is 1. The first kappa shape index (κ1) is 20.6.